The van der Waals surface area contributed by atoms with Gasteiger partial charge in [0.2, 0.25) is 0 Å². The highest BCUT2D eigenvalue weighted by atomic mass is 15.0. The molecule has 0 fully saturated rings. The largest absolute Gasteiger partial charge is 0.316 e. The van der Waals surface area contributed by atoms with Crippen molar-refractivity contribution >= 4 is 32.7 Å². The van der Waals surface area contributed by atoms with Gasteiger partial charge in [-0.05, 0) is 104 Å². The van der Waals surface area contributed by atoms with Gasteiger partial charge in [-0.25, -0.2) is 0 Å². The second-order valence-electron chi connectivity index (χ2n) is 15.7. The molecule has 0 aliphatic heterocycles. The number of aromatic nitrogens is 2. The Bertz CT molecular complexity index is 3260. The molecule has 0 amide bonds. The Morgan fingerprint density at radius 1 is 0.322 bits per heavy atom. The van der Waals surface area contributed by atoms with Crippen LogP contribution in [0.4, 0.5) is 0 Å². The van der Waals surface area contributed by atoms with E-state index in [4.69, 9.17) is 0 Å². The van der Waals surface area contributed by atoms with Crippen LogP contribution in [-0.2, 0) is 5.41 Å². The van der Waals surface area contributed by atoms with E-state index < -0.39 is 5.41 Å². The van der Waals surface area contributed by atoms with E-state index >= 15 is 0 Å². The average molecular weight is 751 g/mol. The molecule has 2 nitrogen and oxygen atoms in total. The molecule has 11 aromatic rings. The molecule has 0 saturated carbocycles. The molecule has 0 bridgehead atoms. The number of hydrogen-bond donors (Lipinski definition) is 0. The molecular formula is C57H38N2. The maximum atomic E-state index is 2.51. The first-order valence-corrected chi connectivity index (χ1v) is 20.4. The zero-order valence-electron chi connectivity index (χ0n) is 32.3. The molecule has 0 N–H and O–H groups in total. The zero-order valence-corrected chi connectivity index (χ0v) is 32.3. The lowest BCUT2D eigenvalue weighted by atomic mass is 9.67. The summed E-state index contributed by atoms with van der Waals surface area (Å²) in [6, 6.07) is 82.5. The van der Waals surface area contributed by atoms with Crippen LogP contribution in [0.2, 0.25) is 0 Å². The minimum atomic E-state index is -0.484. The Balaban J connectivity index is 1.12. The number of fused-ring (bicyclic) bond motifs is 8. The minimum Gasteiger partial charge on any atom is -0.316 e. The van der Waals surface area contributed by atoms with Gasteiger partial charge in [0.05, 0.1) is 22.0 Å². The first-order chi connectivity index (χ1) is 29.3. The average Bonchev–Trinajstić information content (AvgIpc) is 3.99. The lowest BCUT2D eigenvalue weighted by Gasteiger charge is -2.34. The van der Waals surface area contributed by atoms with Gasteiger partial charge in [0.15, 0.2) is 0 Å². The third-order valence-electron chi connectivity index (χ3n) is 12.6. The predicted molar refractivity (Wildman–Crippen MR) is 246 cm³/mol. The monoisotopic (exact) mass is 750 g/mol. The number of hydrogen-bond acceptors (Lipinski definition) is 0. The molecule has 59 heavy (non-hydrogen) atoms. The Morgan fingerprint density at radius 2 is 0.898 bits per heavy atom. The van der Waals surface area contributed by atoms with Gasteiger partial charge < -0.3 is 9.13 Å². The summed E-state index contributed by atoms with van der Waals surface area (Å²) < 4.78 is 4.88. The maximum absolute atomic E-state index is 2.51. The van der Waals surface area contributed by atoms with Crippen LogP contribution in [0.5, 0.6) is 0 Å². The fraction of sp³-hybridized carbons (Fsp3) is 0.0175. The van der Waals surface area contributed by atoms with Gasteiger partial charge in [0.1, 0.15) is 0 Å². The summed E-state index contributed by atoms with van der Waals surface area (Å²) in [5.41, 5.74) is 17.9. The molecule has 1 aliphatic carbocycles. The van der Waals surface area contributed by atoms with Gasteiger partial charge in [-0.3, -0.25) is 0 Å². The molecule has 0 unspecified atom stereocenters. The molecule has 2 aromatic heterocycles. The van der Waals surface area contributed by atoms with Gasteiger partial charge in [-0.2, -0.15) is 0 Å². The zero-order chi connectivity index (χ0) is 38.9. The van der Waals surface area contributed by atoms with E-state index in [1.165, 1.54) is 88.3 Å². The van der Waals surface area contributed by atoms with Crippen molar-refractivity contribution in [2.75, 3.05) is 0 Å². The van der Waals surface area contributed by atoms with Crippen molar-refractivity contribution in [1.29, 1.82) is 0 Å². The van der Waals surface area contributed by atoms with Crippen LogP contribution in [0.1, 0.15) is 22.3 Å². The third kappa shape index (κ3) is 5.00. The molecule has 276 valence electrons. The lowest BCUT2D eigenvalue weighted by Crippen LogP contribution is -2.28. The second-order valence-corrected chi connectivity index (χ2v) is 15.7. The molecule has 0 radical (unpaired) electrons. The minimum absolute atomic E-state index is 0.484. The van der Waals surface area contributed by atoms with Crippen molar-refractivity contribution in [3.63, 3.8) is 0 Å². The Morgan fingerprint density at radius 3 is 1.58 bits per heavy atom. The summed E-state index contributed by atoms with van der Waals surface area (Å²) >= 11 is 0. The Hall–Kier alpha value is -7.68. The van der Waals surface area contributed by atoms with Crippen LogP contribution < -0.4 is 0 Å². The first kappa shape index (κ1) is 33.5. The highest BCUT2D eigenvalue weighted by Gasteiger charge is 2.46. The highest BCUT2D eigenvalue weighted by Crippen LogP contribution is 2.56. The van der Waals surface area contributed by atoms with Gasteiger partial charge >= 0.3 is 0 Å². The maximum Gasteiger partial charge on any atom is 0.0714 e. The van der Waals surface area contributed by atoms with E-state index in [9.17, 15) is 0 Å². The highest BCUT2D eigenvalue weighted by molar-refractivity contribution is 6.18. The van der Waals surface area contributed by atoms with Crippen molar-refractivity contribution in [3.8, 4) is 44.8 Å². The summed E-state index contributed by atoms with van der Waals surface area (Å²) in [5, 5.41) is 3.71. The molecule has 1 aliphatic rings. The number of para-hydroxylation sites is 1. The summed E-state index contributed by atoms with van der Waals surface area (Å²) in [5.74, 6) is 0. The van der Waals surface area contributed by atoms with Crippen LogP contribution in [-0.4, -0.2) is 9.13 Å². The number of benzene rings is 9. The Kier molecular flexibility index (Phi) is 7.48. The lowest BCUT2D eigenvalue weighted by molar-refractivity contribution is 0.767. The molecular weight excluding hydrogens is 713 g/mol. The molecule has 9 aromatic carbocycles. The van der Waals surface area contributed by atoms with Gasteiger partial charge in [-0.1, -0.05) is 176 Å². The van der Waals surface area contributed by atoms with Gasteiger partial charge in [0.25, 0.3) is 0 Å². The molecule has 0 spiro atoms. The van der Waals surface area contributed by atoms with Crippen molar-refractivity contribution in [2.24, 2.45) is 0 Å². The van der Waals surface area contributed by atoms with Gasteiger partial charge in [0, 0.05) is 33.7 Å². The number of nitrogens with zero attached hydrogens (tertiary/aromatic N) is 2. The Labute approximate surface area is 343 Å². The van der Waals surface area contributed by atoms with Crippen molar-refractivity contribution in [1.82, 2.24) is 9.13 Å². The van der Waals surface area contributed by atoms with Crippen LogP contribution in [0.15, 0.2) is 231 Å². The van der Waals surface area contributed by atoms with Crippen molar-refractivity contribution in [2.45, 2.75) is 5.41 Å². The molecule has 0 atom stereocenters. The van der Waals surface area contributed by atoms with Gasteiger partial charge in [-0.15, -0.1) is 0 Å². The van der Waals surface area contributed by atoms with E-state index in [2.05, 4.69) is 240 Å². The summed E-state index contributed by atoms with van der Waals surface area (Å²) in [7, 11) is 0. The SMILES string of the molecule is c1ccc(-c2cc(-c3ccccc3)cc(-n3ccc4c3ccc3c5ccccc5n(-c5ccc6c(c5)C(c5ccccc5)(c5ccccc5)c5ccccc5-6)c34)c2)cc1. The molecule has 2 heterocycles. The standard InChI is InChI=1S/C57H38N2/c1-5-17-39(18-6-1)41-35-42(40-19-7-2-8-20-40)37-46(36-41)58-34-33-51-54(58)32-31-50-49-26-14-16-28-55(49)59(56(50)51)45-29-30-48-47-25-13-15-27-52(47)57(53(48)38-45,43-21-9-3-10-22-43)44-23-11-4-12-24-44/h1-38H. The molecule has 12 rings (SSSR count). The third-order valence-corrected chi connectivity index (χ3v) is 12.6. The predicted octanol–water partition coefficient (Wildman–Crippen LogP) is 14.4. The van der Waals surface area contributed by atoms with Crippen LogP contribution in [0, 0.1) is 0 Å². The topological polar surface area (TPSA) is 9.86 Å². The summed E-state index contributed by atoms with van der Waals surface area (Å²) in [6.45, 7) is 0. The quantitative estimate of drug-likeness (QED) is 0.160. The fourth-order valence-electron chi connectivity index (χ4n) is 10.1. The smallest absolute Gasteiger partial charge is 0.0714 e. The van der Waals surface area contributed by atoms with E-state index in [-0.39, 0.29) is 0 Å². The fourth-order valence-corrected chi connectivity index (χ4v) is 10.1. The summed E-state index contributed by atoms with van der Waals surface area (Å²) in [6.07, 6.45) is 2.25. The second kappa shape index (κ2) is 13.2. The van der Waals surface area contributed by atoms with E-state index in [0.717, 1.165) is 11.4 Å². The first-order valence-electron chi connectivity index (χ1n) is 20.4. The van der Waals surface area contributed by atoms with Crippen LogP contribution in [0.3, 0.4) is 0 Å². The van der Waals surface area contributed by atoms with E-state index in [1.54, 1.807) is 0 Å². The van der Waals surface area contributed by atoms with E-state index in [0.29, 0.717) is 0 Å². The molecule has 0 saturated heterocycles. The van der Waals surface area contributed by atoms with Crippen molar-refractivity contribution in [3.05, 3.63) is 253 Å². The molecule has 2 heteroatoms. The van der Waals surface area contributed by atoms with Crippen molar-refractivity contribution < 1.29 is 0 Å². The summed E-state index contributed by atoms with van der Waals surface area (Å²) in [4.78, 5) is 0. The number of rotatable bonds is 6. The van der Waals surface area contributed by atoms with Crippen LogP contribution in [0.25, 0.3) is 77.5 Å². The normalized spacial score (nSPS) is 12.9. The van der Waals surface area contributed by atoms with E-state index in [1.807, 2.05) is 0 Å². The van der Waals surface area contributed by atoms with Crippen LogP contribution >= 0.6 is 0 Å².